The summed E-state index contributed by atoms with van der Waals surface area (Å²) in [5, 5.41) is 14.9. The van der Waals surface area contributed by atoms with Gasteiger partial charge in [0.15, 0.2) is 5.78 Å². The number of hydrogen-bond donors (Lipinski definition) is 0. The van der Waals surface area contributed by atoms with Crippen molar-refractivity contribution in [1.82, 2.24) is 0 Å². The number of ketones is 1. The van der Waals surface area contributed by atoms with Gasteiger partial charge in [-0.15, -0.1) is 11.3 Å². The third kappa shape index (κ3) is 3.48. The molecule has 0 fully saturated rings. The maximum absolute atomic E-state index is 13.6. The minimum Gasteiger partial charge on any atom is -0.294 e. The molecule has 1 unspecified atom stereocenters. The van der Waals surface area contributed by atoms with Crippen LogP contribution in [0.4, 0.5) is 5.00 Å². The fraction of sp³-hybridized carbons (Fsp3) is 0.480. The Bertz CT molecular complexity index is 1130. The molecular formula is C25H26N2O2S2. The van der Waals surface area contributed by atoms with Crippen LogP contribution in [-0.2, 0) is 22.4 Å². The fourth-order valence-corrected chi connectivity index (χ4v) is 7.51. The molecule has 31 heavy (non-hydrogen) atoms. The van der Waals surface area contributed by atoms with Crippen LogP contribution >= 0.6 is 22.7 Å². The van der Waals surface area contributed by atoms with E-state index in [1.807, 2.05) is 11.4 Å². The van der Waals surface area contributed by atoms with Crippen molar-refractivity contribution >= 4 is 39.4 Å². The summed E-state index contributed by atoms with van der Waals surface area (Å²) >= 11 is 3.20. The molecule has 1 atom stereocenters. The van der Waals surface area contributed by atoms with E-state index in [2.05, 4.69) is 25.3 Å². The molecule has 4 nitrogen and oxygen atoms in total. The van der Waals surface area contributed by atoms with Crippen LogP contribution in [0.25, 0.3) is 0 Å². The van der Waals surface area contributed by atoms with Gasteiger partial charge < -0.3 is 0 Å². The summed E-state index contributed by atoms with van der Waals surface area (Å²) in [7, 11) is 0. The van der Waals surface area contributed by atoms with Gasteiger partial charge in [0.2, 0.25) is 5.91 Å². The molecule has 5 rings (SSSR count). The van der Waals surface area contributed by atoms with Gasteiger partial charge in [0.25, 0.3) is 0 Å². The molecule has 2 aromatic rings. The molecule has 0 radical (unpaired) electrons. The molecule has 0 saturated heterocycles. The number of carbonyl (C=O) groups is 2. The zero-order valence-electron chi connectivity index (χ0n) is 18.0. The third-order valence-corrected chi connectivity index (χ3v) is 8.78. The molecule has 0 saturated carbocycles. The Morgan fingerprint density at radius 1 is 1.16 bits per heavy atom. The van der Waals surface area contributed by atoms with Crippen LogP contribution in [0.1, 0.15) is 79.9 Å². The number of nitriles is 1. The minimum absolute atomic E-state index is 0.00774. The highest BCUT2D eigenvalue weighted by Gasteiger charge is 2.45. The van der Waals surface area contributed by atoms with Crippen LogP contribution in [0.3, 0.4) is 0 Å². The Kier molecular flexibility index (Phi) is 5.15. The molecule has 2 aromatic heterocycles. The lowest BCUT2D eigenvalue weighted by molar-refractivity contribution is -0.120. The molecule has 0 N–H and O–H groups in total. The lowest BCUT2D eigenvalue weighted by Gasteiger charge is -2.42. The van der Waals surface area contributed by atoms with Gasteiger partial charge in [-0.2, -0.15) is 16.6 Å². The van der Waals surface area contributed by atoms with Gasteiger partial charge in [-0.3, -0.25) is 14.5 Å². The van der Waals surface area contributed by atoms with Crippen LogP contribution in [0.2, 0.25) is 0 Å². The van der Waals surface area contributed by atoms with E-state index in [1.165, 1.54) is 11.3 Å². The molecule has 0 aromatic carbocycles. The molecule has 160 valence electrons. The molecule has 0 spiro atoms. The first-order chi connectivity index (χ1) is 14.9. The van der Waals surface area contributed by atoms with Crippen molar-refractivity contribution in [2.24, 2.45) is 5.41 Å². The lowest BCUT2D eigenvalue weighted by atomic mass is 9.69. The number of amides is 1. The average molecular weight is 451 g/mol. The summed E-state index contributed by atoms with van der Waals surface area (Å²) in [5.74, 6) is -0.0122. The SMILES string of the molecule is CC1(C)CC(=O)C2=C(C1)N(c1sc3c(c1C#N)CCCCC3)C(=O)CC2c1ccsc1. The second-order valence-electron chi connectivity index (χ2n) is 9.70. The summed E-state index contributed by atoms with van der Waals surface area (Å²) in [6, 6.07) is 4.46. The summed E-state index contributed by atoms with van der Waals surface area (Å²) < 4.78 is 0. The van der Waals surface area contributed by atoms with E-state index < -0.39 is 0 Å². The van der Waals surface area contributed by atoms with Gasteiger partial charge in [-0.05, 0) is 65.5 Å². The van der Waals surface area contributed by atoms with Gasteiger partial charge in [0.05, 0.1) is 5.56 Å². The van der Waals surface area contributed by atoms with Gasteiger partial charge in [-0.25, -0.2) is 0 Å². The molecule has 1 aliphatic heterocycles. The zero-order chi connectivity index (χ0) is 21.8. The molecule has 0 bridgehead atoms. The topological polar surface area (TPSA) is 61.2 Å². The van der Waals surface area contributed by atoms with E-state index in [4.69, 9.17) is 0 Å². The molecule has 2 aliphatic carbocycles. The number of fused-ring (bicyclic) bond motifs is 1. The van der Waals surface area contributed by atoms with E-state index in [0.717, 1.165) is 53.1 Å². The maximum atomic E-state index is 13.6. The van der Waals surface area contributed by atoms with E-state index in [9.17, 15) is 14.9 Å². The standard InChI is InChI=1S/C25H26N2O2S2/c1-25(2)11-19-23(20(28)12-25)17(15-8-9-30-14-15)10-22(29)27(19)24-18(13-26)16-6-4-3-5-7-21(16)31-24/h8-9,14,17H,3-7,10-12H2,1-2H3. The normalized spacial score (nSPS) is 23.3. The number of aryl methyl sites for hydroxylation is 1. The first-order valence-corrected chi connectivity index (χ1v) is 12.8. The Morgan fingerprint density at radius 3 is 2.71 bits per heavy atom. The van der Waals surface area contributed by atoms with Crippen molar-refractivity contribution in [3.8, 4) is 6.07 Å². The lowest BCUT2D eigenvalue weighted by Crippen LogP contribution is -2.43. The Hall–Kier alpha value is -2.23. The highest BCUT2D eigenvalue weighted by molar-refractivity contribution is 7.16. The second kappa shape index (κ2) is 7.72. The Morgan fingerprint density at radius 2 is 1.97 bits per heavy atom. The predicted molar refractivity (Wildman–Crippen MR) is 125 cm³/mol. The fourth-order valence-electron chi connectivity index (χ4n) is 5.41. The van der Waals surface area contributed by atoms with Gasteiger partial charge in [0.1, 0.15) is 11.1 Å². The van der Waals surface area contributed by atoms with Crippen molar-refractivity contribution in [2.75, 3.05) is 4.90 Å². The highest BCUT2D eigenvalue weighted by atomic mass is 32.1. The number of Topliss-reactive ketones (excluding diaryl/α,β-unsaturated/α-hetero) is 1. The summed E-state index contributed by atoms with van der Waals surface area (Å²) in [5.41, 5.74) is 4.28. The second-order valence-corrected chi connectivity index (χ2v) is 11.6. The number of anilines is 1. The number of allylic oxidation sites excluding steroid dienone is 2. The van der Waals surface area contributed by atoms with E-state index >= 15 is 0 Å². The quantitative estimate of drug-likeness (QED) is 0.518. The summed E-state index contributed by atoms with van der Waals surface area (Å²) in [4.78, 5) is 30.0. The van der Waals surface area contributed by atoms with Crippen LogP contribution in [0, 0.1) is 16.7 Å². The van der Waals surface area contributed by atoms with Crippen LogP contribution in [0.5, 0.6) is 0 Å². The van der Waals surface area contributed by atoms with Crippen LogP contribution in [-0.4, -0.2) is 11.7 Å². The van der Waals surface area contributed by atoms with Crippen molar-refractivity contribution in [3.63, 3.8) is 0 Å². The largest absolute Gasteiger partial charge is 0.294 e. The number of thiophene rings is 2. The monoisotopic (exact) mass is 450 g/mol. The van der Waals surface area contributed by atoms with Crippen molar-refractivity contribution in [3.05, 3.63) is 49.7 Å². The molecule has 6 heteroatoms. The van der Waals surface area contributed by atoms with Gasteiger partial charge in [0, 0.05) is 34.9 Å². The van der Waals surface area contributed by atoms with Crippen LogP contribution < -0.4 is 4.90 Å². The number of nitrogens with zero attached hydrogens (tertiary/aromatic N) is 2. The third-order valence-electron chi connectivity index (χ3n) is 6.81. The smallest absolute Gasteiger partial charge is 0.232 e. The predicted octanol–water partition coefficient (Wildman–Crippen LogP) is 6.11. The maximum Gasteiger partial charge on any atom is 0.232 e. The summed E-state index contributed by atoms with van der Waals surface area (Å²) in [6.07, 6.45) is 6.75. The van der Waals surface area contributed by atoms with Gasteiger partial charge >= 0.3 is 0 Å². The molecule has 3 aliphatic rings. The number of rotatable bonds is 2. The van der Waals surface area contributed by atoms with E-state index in [0.29, 0.717) is 18.4 Å². The zero-order valence-corrected chi connectivity index (χ0v) is 19.6. The van der Waals surface area contributed by atoms with Crippen molar-refractivity contribution < 1.29 is 9.59 Å². The van der Waals surface area contributed by atoms with Gasteiger partial charge in [-0.1, -0.05) is 20.3 Å². The minimum atomic E-state index is -0.202. The number of hydrogen-bond acceptors (Lipinski definition) is 5. The van der Waals surface area contributed by atoms with Crippen molar-refractivity contribution in [1.29, 1.82) is 5.26 Å². The summed E-state index contributed by atoms with van der Waals surface area (Å²) in [6.45, 7) is 4.20. The average Bonchev–Trinajstić information content (AvgIpc) is 3.29. The van der Waals surface area contributed by atoms with Crippen molar-refractivity contribution in [2.45, 2.75) is 71.1 Å². The van der Waals surface area contributed by atoms with Crippen LogP contribution in [0.15, 0.2) is 28.1 Å². The van der Waals surface area contributed by atoms with E-state index in [-0.39, 0.29) is 29.4 Å². The highest BCUT2D eigenvalue weighted by Crippen LogP contribution is 2.51. The Balaban J connectivity index is 1.70. The molecule has 3 heterocycles. The Labute approximate surface area is 191 Å². The molecular weight excluding hydrogens is 424 g/mol. The number of carbonyl (C=O) groups excluding carboxylic acids is 2. The molecule has 1 amide bonds. The first kappa shape index (κ1) is 20.7. The first-order valence-electron chi connectivity index (χ1n) is 11.1. The van der Waals surface area contributed by atoms with E-state index in [1.54, 1.807) is 27.6 Å².